The van der Waals surface area contributed by atoms with Gasteiger partial charge in [-0.1, -0.05) is 74.2 Å². The molecule has 27 heavy (non-hydrogen) atoms. The van der Waals surface area contributed by atoms with E-state index >= 15 is 0 Å². The summed E-state index contributed by atoms with van der Waals surface area (Å²) in [5.41, 5.74) is 4.62. The van der Waals surface area contributed by atoms with Crippen molar-refractivity contribution in [2.75, 3.05) is 6.61 Å². The van der Waals surface area contributed by atoms with Crippen molar-refractivity contribution in [2.45, 2.75) is 39.5 Å². The van der Waals surface area contributed by atoms with Crippen LogP contribution in [0.3, 0.4) is 0 Å². The SMILES string of the molecule is CCCCCCOc1ccc(C=Cc2nc(-c3ccc(C)cc3)cs2)cc1. The number of benzene rings is 2. The topological polar surface area (TPSA) is 22.1 Å². The van der Waals surface area contributed by atoms with Gasteiger partial charge in [0.2, 0.25) is 0 Å². The standard InChI is InChI=1S/C24H27NOS/c1-3-4-5-6-17-26-22-14-9-20(10-15-22)11-16-24-25-23(18-27-24)21-12-7-19(2)8-13-21/h7-16,18H,3-6,17H2,1-2H3. The molecule has 0 saturated heterocycles. The molecular formula is C24H27NOS. The van der Waals surface area contributed by atoms with E-state index in [2.05, 4.69) is 67.8 Å². The van der Waals surface area contributed by atoms with Crippen molar-refractivity contribution in [3.8, 4) is 17.0 Å². The summed E-state index contributed by atoms with van der Waals surface area (Å²) in [6.45, 7) is 5.12. The maximum absolute atomic E-state index is 5.80. The van der Waals surface area contributed by atoms with E-state index in [0.717, 1.165) is 40.6 Å². The Hall–Kier alpha value is -2.39. The highest BCUT2D eigenvalue weighted by Crippen LogP contribution is 2.23. The molecule has 0 aliphatic heterocycles. The lowest BCUT2D eigenvalue weighted by Crippen LogP contribution is -1.96. The van der Waals surface area contributed by atoms with Gasteiger partial charge in [-0.15, -0.1) is 11.3 Å². The van der Waals surface area contributed by atoms with E-state index in [-0.39, 0.29) is 0 Å². The molecule has 0 aliphatic rings. The lowest BCUT2D eigenvalue weighted by Gasteiger charge is -2.05. The molecule has 0 aliphatic carbocycles. The van der Waals surface area contributed by atoms with Crippen molar-refractivity contribution < 1.29 is 4.74 Å². The number of hydrogen-bond acceptors (Lipinski definition) is 3. The number of unbranched alkanes of at least 4 members (excludes halogenated alkanes) is 3. The maximum atomic E-state index is 5.80. The fraction of sp³-hybridized carbons (Fsp3) is 0.292. The molecule has 3 rings (SSSR count). The van der Waals surface area contributed by atoms with Crippen LogP contribution >= 0.6 is 11.3 Å². The molecule has 0 atom stereocenters. The molecule has 0 radical (unpaired) electrons. The Bertz CT molecular complexity index is 847. The average Bonchev–Trinajstić information content (AvgIpc) is 3.17. The first-order chi connectivity index (χ1) is 13.2. The zero-order valence-electron chi connectivity index (χ0n) is 16.2. The van der Waals surface area contributed by atoms with Crippen LogP contribution < -0.4 is 4.74 Å². The van der Waals surface area contributed by atoms with E-state index in [4.69, 9.17) is 9.72 Å². The van der Waals surface area contributed by atoms with Gasteiger partial charge in [0.25, 0.3) is 0 Å². The van der Waals surface area contributed by atoms with Crippen LogP contribution in [0.1, 0.15) is 48.7 Å². The van der Waals surface area contributed by atoms with Crippen molar-refractivity contribution in [3.63, 3.8) is 0 Å². The molecule has 0 bridgehead atoms. The molecule has 0 spiro atoms. The summed E-state index contributed by atoms with van der Waals surface area (Å²) in [4.78, 5) is 4.71. The normalized spacial score (nSPS) is 11.2. The van der Waals surface area contributed by atoms with Gasteiger partial charge in [0.1, 0.15) is 10.8 Å². The molecule has 3 aromatic rings. The fourth-order valence-corrected chi connectivity index (χ4v) is 3.50. The number of thiazole rings is 1. The first-order valence-corrected chi connectivity index (χ1v) is 10.6. The molecule has 2 aromatic carbocycles. The van der Waals surface area contributed by atoms with E-state index in [0.29, 0.717) is 0 Å². The smallest absolute Gasteiger partial charge is 0.119 e. The molecule has 140 valence electrons. The summed E-state index contributed by atoms with van der Waals surface area (Å²) in [7, 11) is 0. The minimum Gasteiger partial charge on any atom is -0.494 e. The number of hydrogen-bond donors (Lipinski definition) is 0. The van der Waals surface area contributed by atoms with Crippen LogP contribution in [-0.2, 0) is 0 Å². The van der Waals surface area contributed by atoms with E-state index in [1.807, 2.05) is 12.1 Å². The maximum Gasteiger partial charge on any atom is 0.119 e. The molecule has 1 aromatic heterocycles. The van der Waals surface area contributed by atoms with Crippen LogP contribution in [0.5, 0.6) is 5.75 Å². The Morgan fingerprint density at radius 1 is 0.926 bits per heavy atom. The second-order valence-electron chi connectivity index (χ2n) is 6.75. The molecular weight excluding hydrogens is 350 g/mol. The molecule has 0 fully saturated rings. The fourth-order valence-electron chi connectivity index (χ4n) is 2.78. The van der Waals surface area contributed by atoms with Crippen molar-refractivity contribution in [1.29, 1.82) is 0 Å². The van der Waals surface area contributed by atoms with Crippen molar-refractivity contribution >= 4 is 23.5 Å². The van der Waals surface area contributed by atoms with Crippen LogP contribution in [0, 0.1) is 6.92 Å². The number of aryl methyl sites for hydroxylation is 1. The number of rotatable bonds is 9. The lowest BCUT2D eigenvalue weighted by atomic mass is 10.1. The van der Waals surface area contributed by atoms with Crippen molar-refractivity contribution in [3.05, 3.63) is 70.0 Å². The first kappa shape index (κ1) is 19.4. The third-order valence-electron chi connectivity index (χ3n) is 4.43. The van der Waals surface area contributed by atoms with E-state index in [9.17, 15) is 0 Å². The van der Waals surface area contributed by atoms with Gasteiger partial charge in [-0.05, 0) is 37.1 Å². The number of nitrogens with zero attached hydrogens (tertiary/aromatic N) is 1. The predicted octanol–water partition coefficient (Wildman–Crippen LogP) is 7.25. The molecule has 0 saturated carbocycles. The summed E-state index contributed by atoms with van der Waals surface area (Å²) in [6.07, 6.45) is 9.09. The highest BCUT2D eigenvalue weighted by Gasteiger charge is 2.02. The Morgan fingerprint density at radius 2 is 1.70 bits per heavy atom. The van der Waals surface area contributed by atoms with Gasteiger partial charge in [0, 0.05) is 10.9 Å². The van der Waals surface area contributed by atoms with Gasteiger partial charge in [0.15, 0.2) is 0 Å². The van der Waals surface area contributed by atoms with Gasteiger partial charge in [0.05, 0.1) is 12.3 Å². The summed E-state index contributed by atoms with van der Waals surface area (Å²) in [5, 5.41) is 3.13. The van der Waals surface area contributed by atoms with Gasteiger partial charge < -0.3 is 4.74 Å². The van der Waals surface area contributed by atoms with Crippen molar-refractivity contribution in [2.24, 2.45) is 0 Å². The molecule has 0 unspecified atom stereocenters. The quantitative estimate of drug-likeness (QED) is 0.366. The monoisotopic (exact) mass is 377 g/mol. The third kappa shape index (κ3) is 6.07. The van der Waals surface area contributed by atoms with Gasteiger partial charge in [-0.3, -0.25) is 0 Å². The summed E-state index contributed by atoms with van der Waals surface area (Å²) >= 11 is 1.67. The van der Waals surface area contributed by atoms with Crippen LogP contribution in [-0.4, -0.2) is 11.6 Å². The minimum atomic E-state index is 0.802. The van der Waals surface area contributed by atoms with Crippen LogP contribution in [0.25, 0.3) is 23.4 Å². The molecule has 1 heterocycles. The molecule has 2 nitrogen and oxygen atoms in total. The van der Waals surface area contributed by atoms with Crippen LogP contribution in [0.15, 0.2) is 53.9 Å². The summed E-state index contributed by atoms with van der Waals surface area (Å²) in [5.74, 6) is 0.944. The summed E-state index contributed by atoms with van der Waals surface area (Å²) in [6, 6.07) is 16.8. The van der Waals surface area contributed by atoms with Crippen molar-refractivity contribution in [1.82, 2.24) is 4.98 Å². The zero-order valence-corrected chi connectivity index (χ0v) is 17.0. The predicted molar refractivity (Wildman–Crippen MR) is 117 cm³/mol. The van der Waals surface area contributed by atoms with E-state index < -0.39 is 0 Å². The second-order valence-corrected chi connectivity index (χ2v) is 7.64. The lowest BCUT2D eigenvalue weighted by molar-refractivity contribution is 0.305. The molecule has 0 N–H and O–H groups in total. The third-order valence-corrected chi connectivity index (χ3v) is 5.24. The van der Waals surface area contributed by atoms with E-state index in [1.54, 1.807) is 11.3 Å². The summed E-state index contributed by atoms with van der Waals surface area (Å²) < 4.78 is 5.80. The second kappa shape index (κ2) is 10.1. The number of aromatic nitrogens is 1. The first-order valence-electron chi connectivity index (χ1n) is 9.68. The highest BCUT2D eigenvalue weighted by molar-refractivity contribution is 7.10. The average molecular weight is 378 g/mol. The number of ether oxygens (including phenoxy) is 1. The Labute approximate surface area is 166 Å². The van der Waals surface area contributed by atoms with Crippen LogP contribution in [0.4, 0.5) is 0 Å². The minimum absolute atomic E-state index is 0.802. The zero-order chi connectivity index (χ0) is 18.9. The van der Waals surface area contributed by atoms with Crippen LogP contribution in [0.2, 0.25) is 0 Å². The molecule has 0 amide bonds. The largest absolute Gasteiger partial charge is 0.494 e. The Kier molecular flexibility index (Phi) is 7.23. The Morgan fingerprint density at radius 3 is 2.44 bits per heavy atom. The van der Waals surface area contributed by atoms with Gasteiger partial charge in [-0.2, -0.15) is 0 Å². The highest BCUT2D eigenvalue weighted by atomic mass is 32.1. The Balaban J connectivity index is 1.54. The van der Waals surface area contributed by atoms with E-state index in [1.165, 1.54) is 24.8 Å². The van der Waals surface area contributed by atoms with Gasteiger partial charge >= 0.3 is 0 Å². The molecule has 3 heteroatoms. The van der Waals surface area contributed by atoms with Gasteiger partial charge in [-0.25, -0.2) is 4.98 Å².